The maximum absolute atomic E-state index is 12.9. The van der Waals surface area contributed by atoms with Gasteiger partial charge >= 0.3 is 5.69 Å². The number of nitrogens with one attached hydrogen (secondary N) is 1. The lowest BCUT2D eigenvalue weighted by Crippen LogP contribution is -2.10. The van der Waals surface area contributed by atoms with Gasteiger partial charge in [-0.3, -0.25) is 10.1 Å². The van der Waals surface area contributed by atoms with Crippen molar-refractivity contribution in [2.24, 2.45) is 0 Å². The quantitative estimate of drug-likeness (QED) is 0.675. The molecule has 2 rings (SSSR count). The number of nitrogens with zero attached hydrogens (tertiary/aromatic N) is 2. The Hall–Kier alpha value is -2.70. The molecule has 7 heteroatoms. The zero-order valence-corrected chi connectivity index (χ0v) is 11.5. The molecule has 1 heterocycles. The fraction of sp³-hybridized carbons (Fsp3) is 0.214. The maximum Gasteiger partial charge on any atom is 0.311 e. The van der Waals surface area contributed by atoms with Crippen LogP contribution >= 0.6 is 0 Å². The molecule has 0 aliphatic rings. The van der Waals surface area contributed by atoms with E-state index in [-0.39, 0.29) is 29.2 Å². The number of ether oxygens (including phenoxy) is 1. The van der Waals surface area contributed by atoms with Gasteiger partial charge in [-0.15, -0.1) is 0 Å². The van der Waals surface area contributed by atoms with Crippen molar-refractivity contribution >= 4 is 11.5 Å². The van der Waals surface area contributed by atoms with Gasteiger partial charge in [-0.2, -0.15) is 4.98 Å². The Morgan fingerprint density at radius 1 is 1.29 bits per heavy atom. The molecule has 0 spiro atoms. The predicted octanol–water partition coefficient (Wildman–Crippen LogP) is 3.31. The lowest BCUT2D eigenvalue weighted by Gasteiger charge is -2.15. The van der Waals surface area contributed by atoms with Gasteiger partial charge in [0.25, 0.3) is 0 Å². The normalized spacial score (nSPS) is 11.8. The number of anilines is 1. The molecule has 6 nitrogen and oxygen atoms in total. The molecule has 110 valence electrons. The third kappa shape index (κ3) is 3.44. The summed E-state index contributed by atoms with van der Waals surface area (Å²) in [6.45, 7) is 1.80. The SMILES string of the molecule is COc1ccc([N+](=O)[O-])c(NC(C)c2ccc(F)cc2)n1. The Balaban J connectivity index is 2.28. The van der Waals surface area contributed by atoms with Crippen molar-refractivity contribution in [3.63, 3.8) is 0 Å². The van der Waals surface area contributed by atoms with Crippen LogP contribution in [0.15, 0.2) is 36.4 Å². The monoisotopic (exact) mass is 291 g/mol. The van der Waals surface area contributed by atoms with Gasteiger partial charge in [0.2, 0.25) is 11.7 Å². The van der Waals surface area contributed by atoms with E-state index in [1.807, 2.05) is 0 Å². The third-order valence-electron chi connectivity index (χ3n) is 2.98. The zero-order valence-electron chi connectivity index (χ0n) is 11.5. The van der Waals surface area contributed by atoms with E-state index in [1.165, 1.54) is 31.4 Å². The summed E-state index contributed by atoms with van der Waals surface area (Å²) in [6.07, 6.45) is 0. The van der Waals surface area contributed by atoms with Crippen LogP contribution in [0.4, 0.5) is 15.9 Å². The number of methoxy groups -OCH3 is 1. The zero-order chi connectivity index (χ0) is 15.4. The summed E-state index contributed by atoms with van der Waals surface area (Å²) in [5, 5.41) is 14.0. The average molecular weight is 291 g/mol. The van der Waals surface area contributed by atoms with Crippen molar-refractivity contribution < 1.29 is 14.1 Å². The Kier molecular flexibility index (Phi) is 4.32. The molecular weight excluding hydrogens is 277 g/mol. The first-order chi connectivity index (χ1) is 10.0. The molecule has 21 heavy (non-hydrogen) atoms. The highest BCUT2D eigenvalue weighted by Crippen LogP contribution is 2.28. The Labute approximate surface area is 120 Å². The highest BCUT2D eigenvalue weighted by atomic mass is 19.1. The van der Waals surface area contributed by atoms with Crippen LogP contribution in [0.5, 0.6) is 5.88 Å². The van der Waals surface area contributed by atoms with Gasteiger partial charge in [0.05, 0.1) is 18.1 Å². The molecule has 0 saturated carbocycles. The Morgan fingerprint density at radius 3 is 2.52 bits per heavy atom. The van der Waals surface area contributed by atoms with Gasteiger partial charge in [0.15, 0.2) is 0 Å². The lowest BCUT2D eigenvalue weighted by atomic mass is 10.1. The number of aromatic nitrogens is 1. The van der Waals surface area contributed by atoms with Crippen LogP contribution in [0.25, 0.3) is 0 Å². The minimum atomic E-state index is -0.522. The number of nitro groups is 1. The highest BCUT2D eigenvalue weighted by molar-refractivity contribution is 5.58. The van der Waals surface area contributed by atoms with E-state index in [4.69, 9.17) is 4.74 Å². The van der Waals surface area contributed by atoms with E-state index in [1.54, 1.807) is 19.1 Å². The summed E-state index contributed by atoms with van der Waals surface area (Å²) in [7, 11) is 1.43. The molecule has 0 fully saturated rings. The first kappa shape index (κ1) is 14.7. The molecule has 0 aliphatic heterocycles. The first-order valence-electron chi connectivity index (χ1n) is 6.22. The van der Waals surface area contributed by atoms with Gasteiger partial charge < -0.3 is 10.1 Å². The molecule has 0 amide bonds. The van der Waals surface area contributed by atoms with Gasteiger partial charge in [0.1, 0.15) is 5.82 Å². The molecule has 0 bridgehead atoms. The van der Waals surface area contributed by atoms with E-state index in [2.05, 4.69) is 10.3 Å². The smallest absolute Gasteiger partial charge is 0.311 e. The minimum Gasteiger partial charge on any atom is -0.481 e. The van der Waals surface area contributed by atoms with Crippen molar-refractivity contribution in [3.8, 4) is 5.88 Å². The molecule has 0 saturated heterocycles. The number of pyridine rings is 1. The number of hydrogen-bond donors (Lipinski definition) is 1. The van der Waals surface area contributed by atoms with Crippen molar-refractivity contribution in [2.75, 3.05) is 12.4 Å². The van der Waals surface area contributed by atoms with Crippen LogP contribution in [-0.2, 0) is 0 Å². The number of rotatable bonds is 5. The topological polar surface area (TPSA) is 77.3 Å². The molecule has 2 aromatic rings. The van der Waals surface area contributed by atoms with Crippen molar-refractivity contribution in [1.29, 1.82) is 0 Å². The van der Waals surface area contributed by atoms with Gasteiger partial charge in [0, 0.05) is 12.1 Å². The van der Waals surface area contributed by atoms with Crippen LogP contribution in [0.1, 0.15) is 18.5 Å². The Morgan fingerprint density at radius 2 is 1.95 bits per heavy atom. The summed E-state index contributed by atoms with van der Waals surface area (Å²) >= 11 is 0. The molecular formula is C14H14FN3O3. The minimum absolute atomic E-state index is 0.108. The van der Waals surface area contributed by atoms with Crippen LogP contribution < -0.4 is 10.1 Å². The average Bonchev–Trinajstić information content (AvgIpc) is 2.47. The maximum atomic E-state index is 12.9. The number of halogens is 1. The highest BCUT2D eigenvalue weighted by Gasteiger charge is 2.18. The van der Waals surface area contributed by atoms with Crippen molar-refractivity contribution in [1.82, 2.24) is 4.98 Å². The molecule has 0 radical (unpaired) electrons. The summed E-state index contributed by atoms with van der Waals surface area (Å²) in [6, 6.07) is 8.36. The second-order valence-electron chi connectivity index (χ2n) is 4.40. The van der Waals surface area contributed by atoms with Gasteiger partial charge in [-0.25, -0.2) is 4.39 Å². The van der Waals surface area contributed by atoms with E-state index in [9.17, 15) is 14.5 Å². The molecule has 1 unspecified atom stereocenters. The second-order valence-corrected chi connectivity index (χ2v) is 4.40. The van der Waals surface area contributed by atoms with Crippen LogP contribution in [-0.4, -0.2) is 17.0 Å². The van der Waals surface area contributed by atoms with E-state index < -0.39 is 4.92 Å². The fourth-order valence-corrected chi connectivity index (χ4v) is 1.84. The van der Waals surface area contributed by atoms with E-state index in [0.717, 1.165) is 5.56 Å². The van der Waals surface area contributed by atoms with Crippen LogP contribution in [0, 0.1) is 15.9 Å². The predicted molar refractivity (Wildman–Crippen MR) is 75.9 cm³/mol. The first-order valence-corrected chi connectivity index (χ1v) is 6.22. The fourth-order valence-electron chi connectivity index (χ4n) is 1.84. The lowest BCUT2D eigenvalue weighted by molar-refractivity contribution is -0.384. The Bertz CT molecular complexity index is 646. The van der Waals surface area contributed by atoms with E-state index in [0.29, 0.717) is 0 Å². The molecule has 1 aromatic heterocycles. The second kappa shape index (κ2) is 6.17. The number of benzene rings is 1. The number of hydrogen-bond acceptors (Lipinski definition) is 5. The van der Waals surface area contributed by atoms with Gasteiger partial charge in [-0.1, -0.05) is 12.1 Å². The molecule has 1 N–H and O–H groups in total. The summed E-state index contributed by atoms with van der Waals surface area (Å²) < 4.78 is 17.9. The summed E-state index contributed by atoms with van der Waals surface area (Å²) in [5.74, 6) is 0.0435. The molecule has 1 aromatic carbocycles. The summed E-state index contributed by atoms with van der Waals surface area (Å²) in [5.41, 5.74) is 0.639. The third-order valence-corrected chi connectivity index (χ3v) is 2.98. The molecule has 1 atom stereocenters. The van der Waals surface area contributed by atoms with Crippen molar-refractivity contribution in [3.05, 3.63) is 57.9 Å². The largest absolute Gasteiger partial charge is 0.481 e. The standard InChI is InChI=1S/C14H14FN3O3/c1-9(10-3-5-11(15)6-4-10)16-14-12(18(19)20)7-8-13(17-14)21-2/h3-9H,1-2H3,(H,16,17). The van der Waals surface area contributed by atoms with Crippen LogP contribution in [0.2, 0.25) is 0 Å². The molecule has 0 aliphatic carbocycles. The summed E-state index contributed by atoms with van der Waals surface area (Å²) in [4.78, 5) is 14.5. The van der Waals surface area contributed by atoms with Crippen molar-refractivity contribution in [2.45, 2.75) is 13.0 Å². The van der Waals surface area contributed by atoms with Crippen LogP contribution in [0.3, 0.4) is 0 Å². The van der Waals surface area contributed by atoms with Gasteiger partial charge in [-0.05, 0) is 24.6 Å². The van der Waals surface area contributed by atoms with E-state index >= 15 is 0 Å².